The van der Waals surface area contributed by atoms with E-state index in [1.165, 1.54) is 6.26 Å². The summed E-state index contributed by atoms with van der Waals surface area (Å²) >= 11 is 0. The second-order valence-electron chi connectivity index (χ2n) is 6.21. The number of nitrogens with two attached hydrogens (primary N) is 1. The number of methoxy groups -OCH3 is 2. The Morgan fingerprint density at radius 3 is 2.44 bits per heavy atom. The van der Waals surface area contributed by atoms with Gasteiger partial charge in [-0.15, -0.1) is 0 Å². The standard InChI is InChI=1S/C18H25N3O4/c1-11(2)5-15(19)18-21-16(10-25-18)17(22)20-9-12-6-13(23-3)8-14(7-12)24-4/h6-8,10-11,15H,5,9,19H2,1-4H3,(H,20,22). The molecule has 136 valence electrons. The maximum Gasteiger partial charge on any atom is 0.273 e. The number of hydrogen-bond acceptors (Lipinski definition) is 6. The Kier molecular flexibility index (Phi) is 6.41. The molecule has 0 aliphatic heterocycles. The lowest BCUT2D eigenvalue weighted by Gasteiger charge is -2.09. The number of ether oxygens (including phenoxy) is 2. The van der Waals surface area contributed by atoms with Crippen molar-refractivity contribution in [3.05, 3.63) is 41.6 Å². The molecule has 1 amide bonds. The number of rotatable bonds is 8. The van der Waals surface area contributed by atoms with E-state index in [0.717, 1.165) is 12.0 Å². The molecule has 2 aromatic rings. The van der Waals surface area contributed by atoms with Crippen LogP contribution in [0.1, 0.15) is 48.3 Å². The van der Waals surface area contributed by atoms with Crippen molar-refractivity contribution in [2.75, 3.05) is 14.2 Å². The van der Waals surface area contributed by atoms with E-state index >= 15 is 0 Å². The van der Waals surface area contributed by atoms with Crippen molar-refractivity contribution in [1.29, 1.82) is 0 Å². The molecule has 1 aromatic heterocycles. The Morgan fingerprint density at radius 1 is 1.24 bits per heavy atom. The average molecular weight is 347 g/mol. The molecule has 0 saturated carbocycles. The Bertz CT molecular complexity index is 690. The predicted molar refractivity (Wildman–Crippen MR) is 93.6 cm³/mol. The summed E-state index contributed by atoms with van der Waals surface area (Å²) in [4.78, 5) is 16.4. The molecular weight excluding hydrogens is 322 g/mol. The van der Waals surface area contributed by atoms with E-state index < -0.39 is 0 Å². The molecule has 1 atom stereocenters. The lowest BCUT2D eigenvalue weighted by Crippen LogP contribution is -2.23. The van der Waals surface area contributed by atoms with E-state index in [0.29, 0.717) is 29.9 Å². The molecule has 1 unspecified atom stereocenters. The second-order valence-corrected chi connectivity index (χ2v) is 6.21. The summed E-state index contributed by atoms with van der Waals surface area (Å²) < 4.78 is 15.8. The Balaban J connectivity index is 2.00. The number of carbonyl (C=O) groups excluding carboxylic acids is 1. The quantitative estimate of drug-likeness (QED) is 0.761. The van der Waals surface area contributed by atoms with E-state index in [1.54, 1.807) is 20.3 Å². The van der Waals surface area contributed by atoms with Gasteiger partial charge in [-0.25, -0.2) is 4.98 Å². The molecule has 25 heavy (non-hydrogen) atoms. The SMILES string of the molecule is COc1cc(CNC(=O)c2coc(C(N)CC(C)C)n2)cc(OC)c1. The predicted octanol–water partition coefficient (Wildman–Crippen LogP) is 2.67. The van der Waals surface area contributed by atoms with Gasteiger partial charge in [0.05, 0.1) is 20.3 Å². The number of oxazole rings is 1. The third-order valence-corrected chi connectivity index (χ3v) is 3.66. The summed E-state index contributed by atoms with van der Waals surface area (Å²) in [5.74, 6) is 1.79. The molecule has 1 heterocycles. The lowest BCUT2D eigenvalue weighted by atomic mass is 10.0. The van der Waals surface area contributed by atoms with Gasteiger partial charge in [0.15, 0.2) is 5.69 Å². The van der Waals surface area contributed by atoms with Gasteiger partial charge in [0.1, 0.15) is 17.8 Å². The van der Waals surface area contributed by atoms with E-state index in [9.17, 15) is 4.79 Å². The average Bonchev–Trinajstić information content (AvgIpc) is 3.09. The van der Waals surface area contributed by atoms with Crippen molar-refractivity contribution >= 4 is 5.91 Å². The first-order valence-electron chi connectivity index (χ1n) is 8.14. The summed E-state index contributed by atoms with van der Waals surface area (Å²) in [5.41, 5.74) is 7.09. The van der Waals surface area contributed by atoms with Crippen LogP contribution in [0, 0.1) is 5.92 Å². The van der Waals surface area contributed by atoms with Crippen molar-refractivity contribution in [3.8, 4) is 11.5 Å². The summed E-state index contributed by atoms with van der Waals surface area (Å²) in [5, 5.41) is 2.80. The number of aromatic nitrogens is 1. The Hall–Kier alpha value is -2.54. The van der Waals surface area contributed by atoms with Crippen LogP contribution in [0.2, 0.25) is 0 Å². The van der Waals surface area contributed by atoms with Crippen molar-refractivity contribution in [1.82, 2.24) is 10.3 Å². The summed E-state index contributed by atoms with van der Waals surface area (Å²) in [7, 11) is 3.16. The summed E-state index contributed by atoms with van der Waals surface area (Å²) in [6.07, 6.45) is 2.07. The van der Waals surface area contributed by atoms with Crippen LogP contribution >= 0.6 is 0 Å². The number of nitrogens with zero attached hydrogens (tertiary/aromatic N) is 1. The van der Waals surface area contributed by atoms with Crippen molar-refractivity contribution in [3.63, 3.8) is 0 Å². The first-order valence-corrected chi connectivity index (χ1v) is 8.14. The highest BCUT2D eigenvalue weighted by atomic mass is 16.5. The van der Waals surface area contributed by atoms with Gasteiger partial charge in [0.2, 0.25) is 5.89 Å². The van der Waals surface area contributed by atoms with E-state index in [1.807, 2.05) is 12.1 Å². The fourth-order valence-corrected chi connectivity index (χ4v) is 2.41. The molecule has 1 aromatic carbocycles. The summed E-state index contributed by atoms with van der Waals surface area (Å²) in [6.45, 7) is 4.45. The second kappa shape index (κ2) is 8.53. The highest BCUT2D eigenvalue weighted by Gasteiger charge is 2.18. The molecule has 0 fully saturated rings. The number of amides is 1. The number of benzene rings is 1. The molecule has 0 spiro atoms. The number of carbonyl (C=O) groups is 1. The van der Waals surface area contributed by atoms with Crippen LogP contribution in [-0.4, -0.2) is 25.1 Å². The zero-order chi connectivity index (χ0) is 18.4. The third-order valence-electron chi connectivity index (χ3n) is 3.66. The minimum Gasteiger partial charge on any atom is -0.497 e. The maximum absolute atomic E-state index is 12.2. The van der Waals surface area contributed by atoms with Gasteiger partial charge in [-0.05, 0) is 30.0 Å². The highest BCUT2D eigenvalue weighted by molar-refractivity contribution is 5.91. The topological polar surface area (TPSA) is 99.6 Å². The molecule has 0 bridgehead atoms. The van der Waals surface area contributed by atoms with E-state index in [2.05, 4.69) is 24.1 Å². The number of nitrogens with one attached hydrogen (secondary N) is 1. The normalized spacial score (nSPS) is 12.1. The first kappa shape index (κ1) is 18.8. The van der Waals surface area contributed by atoms with Gasteiger partial charge in [0.25, 0.3) is 5.91 Å². The zero-order valence-electron chi connectivity index (χ0n) is 15.0. The van der Waals surface area contributed by atoms with Crippen molar-refractivity contribution < 1.29 is 18.7 Å². The molecule has 7 nitrogen and oxygen atoms in total. The van der Waals surface area contributed by atoms with Gasteiger partial charge >= 0.3 is 0 Å². The van der Waals surface area contributed by atoms with Crippen LogP contribution in [0.3, 0.4) is 0 Å². The molecule has 3 N–H and O–H groups in total. The lowest BCUT2D eigenvalue weighted by molar-refractivity contribution is 0.0945. The van der Waals surface area contributed by atoms with E-state index in [-0.39, 0.29) is 17.6 Å². The van der Waals surface area contributed by atoms with Crippen LogP contribution < -0.4 is 20.5 Å². The molecule has 2 rings (SSSR count). The third kappa shape index (κ3) is 5.22. The van der Waals surface area contributed by atoms with Crippen LogP contribution in [0.15, 0.2) is 28.9 Å². The Morgan fingerprint density at radius 2 is 1.88 bits per heavy atom. The maximum atomic E-state index is 12.2. The van der Waals surface area contributed by atoms with Crippen LogP contribution in [0.25, 0.3) is 0 Å². The monoisotopic (exact) mass is 347 g/mol. The van der Waals surface area contributed by atoms with Gasteiger partial charge in [-0.1, -0.05) is 13.8 Å². The molecular formula is C18H25N3O4. The van der Waals surface area contributed by atoms with Gasteiger partial charge in [-0.3, -0.25) is 4.79 Å². The van der Waals surface area contributed by atoms with Gasteiger partial charge in [0, 0.05) is 12.6 Å². The van der Waals surface area contributed by atoms with E-state index in [4.69, 9.17) is 19.6 Å². The molecule has 7 heteroatoms. The minimum absolute atomic E-state index is 0.212. The zero-order valence-corrected chi connectivity index (χ0v) is 15.0. The fraction of sp³-hybridized carbons (Fsp3) is 0.444. The van der Waals surface area contributed by atoms with Crippen molar-refractivity contribution in [2.24, 2.45) is 11.7 Å². The van der Waals surface area contributed by atoms with Gasteiger partial charge in [-0.2, -0.15) is 0 Å². The van der Waals surface area contributed by atoms with Crippen LogP contribution in [0.4, 0.5) is 0 Å². The fourth-order valence-electron chi connectivity index (χ4n) is 2.41. The molecule has 0 aliphatic rings. The first-order chi connectivity index (χ1) is 11.9. The minimum atomic E-state index is -0.325. The molecule has 0 saturated heterocycles. The van der Waals surface area contributed by atoms with Gasteiger partial charge < -0.3 is 24.9 Å². The van der Waals surface area contributed by atoms with Crippen LogP contribution in [0.5, 0.6) is 11.5 Å². The summed E-state index contributed by atoms with van der Waals surface area (Å²) in [6, 6.07) is 5.11. The molecule has 0 aliphatic carbocycles. The largest absolute Gasteiger partial charge is 0.497 e. The smallest absolute Gasteiger partial charge is 0.273 e. The van der Waals surface area contributed by atoms with Crippen LogP contribution in [-0.2, 0) is 6.54 Å². The Labute approximate surface area is 147 Å². The highest BCUT2D eigenvalue weighted by Crippen LogP contribution is 2.22. The molecule has 0 radical (unpaired) electrons. The van der Waals surface area contributed by atoms with Crippen molar-refractivity contribution in [2.45, 2.75) is 32.9 Å². The number of hydrogen-bond donors (Lipinski definition) is 2.